The van der Waals surface area contributed by atoms with Gasteiger partial charge in [-0.15, -0.1) is 11.3 Å². The molecule has 0 bridgehead atoms. The van der Waals surface area contributed by atoms with E-state index in [1.165, 1.54) is 5.56 Å². The molecule has 0 aliphatic rings. The van der Waals surface area contributed by atoms with Gasteiger partial charge < -0.3 is 10.6 Å². The Labute approximate surface area is 159 Å². The minimum Gasteiger partial charge on any atom is -0.350 e. The Morgan fingerprint density at radius 1 is 1.00 bits per heavy atom. The van der Waals surface area contributed by atoms with E-state index in [2.05, 4.69) is 44.0 Å². The summed E-state index contributed by atoms with van der Waals surface area (Å²) in [6.45, 7) is 0.677. The summed E-state index contributed by atoms with van der Waals surface area (Å²) in [5.41, 5.74) is 4.09. The van der Waals surface area contributed by atoms with E-state index >= 15 is 0 Å². The fraction of sp³-hybridized carbons (Fsp3) is 0.0500. The molecule has 0 aliphatic carbocycles. The number of hydrogen-bond donors (Lipinski definition) is 3. The molecule has 0 unspecified atom stereocenters. The van der Waals surface area contributed by atoms with Crippen molar-refractivity contribution in [2.75, 3.05) is 10.6 Å². The summed E-state index contributed by atoms with van der Waals surface area (Å²) in [7, 11) is 0. The maximum absolute atomic E-state index is 4.70. The highest BCUT2D eigenvalue weighted by atomic mass is 32.1. The van der Waals surface area contributed by atoms with E-state index in [0.717, 1.165) is 32.6 Å². The van der Waals surface area contributed by atoms with Gasteiger partial charge in [0, 0.05) is 17.6 Å². The number of aromatic nitrogens is 4. The molecule has 3 N–H and O–H groups in total. The molecule has 0 fully saturated rings. The number of H-pyrrole nitrogens is 1. The van der Waals surface area contributed by atoms with Crippen molar-refractivity contribution in [2.24, 2.45) is 0 Å². The van der Waals surface area contributed by atoms with Gasteiger partial charge >= 0.3 is 0 Å². The van der Waals surface area contributed by atoms with Gasteiger partial charge in [-0.1, -0.05) is 30.3 Å². The first kappa shape index (κ1) is 15.8. The fourth-order valence-electron chi connectivity index (χ4n) is 2.96. The van der Waals surface area contributed by atoms with Crippen LogP contribution in [0.3, 0.4) is 0 Å². The zero-order valence-corrected chi connectivity index (χ0v) is 15.1. The van der Waals surface area contributed by atoms with Crippen molar-refractivity contribution in [3.05, 3.63) is 71.7 Å². The van der Waals surface area contributed by atoms with Gasteiger partial charge in [-0.25, -0.2) is 4.98 Å². The zero-order valence-electron chi connectivity index (χ0n) is 14.3. The van der Waals surface area contributed by atoms with Gasteiger partial charge in [-0.3, -0.25) is 5.10 Å². The summed E-state index contributed by atoms with van der Waals surface area (Å²) in [4.78, 5) is 9.33. The molecule has 3 heterocycles. The van der Waals surface area contributed by atoms with Crippen molar-refractivity contribution in [2.45, 2.75) is 6.54 Å². The molecule has 5 aromatic rings. The maximum atomic E-state index is 4.70. The summed E-state index contributed by atoms with van der Waals surface area (Å²) >= 11 is 1.63. The second-order valence-corrected chi connectivity index (χ2v) is 7.08. The van der Waals surface area contributed by atoms with Crippen molar-refractivity contribution in [3.63, 3.8) is 0 Å². The van der Waals surface area contributed by atoms with Gasteiger partial charge in [-0.05, 0) is 35.2 Å². The van der Waals surface area contributed by atoms with E-state index in [-0.39, 0.29) is 0 Å². The lowest BCUT2D eigenvalue weighted by Crippen LogP contribution is -2.05. The molecule has 0 radical (unpaired) electrons. The number of nitrogens with zero attached hydrogens (tertiary/aromatic N) is 3. The number of hydrogen-bond acceptors (Lipinski definition) is 6. The van der Waals surface area contributed by atoms with Crippen molar-refractivity contribution in [1.82, 2.24) is 20.2 Å². The van der Waals surface area contributed by atoms with Crippen molar-refractivity contribution < 1.29 is 0 Å². The Balaban J connectivity index is 1.46. The third kappa shape index (κ3) is 3.20. The predicted molar refractivity (Wildman–Crippen MR) is 111 cm³/mol. The van der Waals surface area contributed by atoms with Gasteiger partial charge in [-0.2, -0.15) is 10.1 Å². The molecule has 0 atom stereocenters. The minimum absolute atomic E-state index is 0.608. The first-order chi connectivity index (χ1) is 13.3. The Kier molecular flexibility index (Phi) is 3.91. The van der Waals surface area contributed by atoms with Crippen LogP contribution >= 0.6 is 11.3 Å². The molecule has 0 saturated carbocycles. The molecule has 6 nitrogen and oxygen atoms in total. The highest BCUT2D eigenvalue weighted by Crippen LogP contribution is 2.30. The number of nitrogens with one attached hydrogen (secondary N) is 3. The van der Waals surface area contributed by atoms with Gasteiger partial charge in [0.05, 0.1) is 21.9 Å². The normalized spacial score (nSPS) is 11.1. The van der Waals surface area contributed by atoms with Crippen LogP contribution in [0.1, 0.15) is 5.56 Å². The predicted octanol–water partition coefficient (Wildman–Crippen LogP) is 4.92. The quantitative estimate of drug-likeness (QED) is 0.408. The van der Waals surface area contributed by atoms with E-state index < -0.39 is 0 Å². The number of anilines is 3. The van der Waals surface area contributed by atoms with Crippen molar-refractivity contribution in [3.8, 4) is 0 Å². The summed E-state index contributed by atoms with van der Waals surface area (Å²) in [6, 6.07) is 18.3. The van der Waals surface area contributed by atoms with Crippen LogP contribution in [0, 0.1) is 0 Å². The van der Waals surface area contributed by atoms with Crippen molar-refractivity contribution in [1.29, 1.82) is 0 Å². The van der Waals surface area contributed by atoms with Gasteiger partial charge in [0.15, 0.2) is 5.82 Å². The van der Waals surface area contributed by atoms with Crippen LogP contribution in [0.25, 0.3) is 21.1 Å². The van der Waals surface area contributed by atoms with Crippen LogP contribution in [0.4, 0.5) is 17.5 Å². The van der Waals surface area contributed by atoms with Crippen LogP contribution in [0.2, 0.25) is 0 Å². The molecule has 5 rings (SSSR count). The first-order valence-corrected chi connectivity index (χ1v) is 9.46. The summed E-state index contributed by atoms with van der Waals surface area (Å²) in [6.07, 6.45) is 1.81. The van der Waals surface area contributed by atoms with E-state index in [9.17, 15) is 0 Å². The van der Waals surface area contributed by atoms with Crippen LogP contribution in [-0.4, -0.2) is 20.2 Å². The Morgan fingerprint density at radius 2 is 1.93 bits per heavy atom. The molecule has 0 spiro atoms. The molecule has 7 heteroatoms. The zero-order chi connectivity index (χ0) is 18.1. The third-order valence-corrected chi connectivity index (χ3v) is 5.21. The number of thiophene rings is 1. The molecule has 0 aliphatic heterocycles. The average Bonchev–Trinajstić information content (AvgIpc) is 3.36. The third-order valence-electron chi connectivity index (χ3n) is 4.30. The lowest BCUT2D eigenvalue weighted by Gasteiger charge is -2.10. The monoisotopic (exact) mass is 372 g/mol. The Morgan fingerprint density at radius 3 is 2.85 bits per heavy atom. The van der Waals surface area contributed by atoms with Crippen LogP contribution < -0.4 is 10.6 Å². The molecular formula is C20H16N6S. The minimum atomic E-state index is 0.608. The summed E-state index contributed by atoms with van der Waals surface area (Å²) < 4.78 is 1.03. The molecular weight excluding hydrogens is 356 g/mol. The average molecular weight is 372 g/mol. The van der Waals surface area contributed by atoms with Crippen molar-refractivity contribution >= 4 is 49.9 Å². The lowest BCUT2D eigenvalue weighted by molar-refractivity contribution is 1.07. The molecule has 0 amide bonds. The SMILES string of the molecule is c1ccc(CNc2nc(Nc3ccc4[nH]ncc4c3)c3sccc3n2)cc1. The number of fused-ring (bicyclic) bond motifs is 2. The number of rotatable bonds is 5. The van der Waals surface area contributed by atoms with Gasteiger partial charge in [0.1, 0.15) is 0 Å². The lowest BCUT2D eigenvalue weighted by atomic mass is 10.2. The maximum Gasteiger partial charge on any atom is 0.225 e. The van der Waals surface area contributed by atoms with Crippen LogP contribution in [0.15, 0.2) is 66.2 Å². The second kappa shape index (κ2) is 6.69. The smallest absolute Gasteiger partial charge is 0.225 e. The van der Waals surface area contributed by atoms with Crippen LogP contribution in [-0.2, 0) is 6.54 Å². The van der Waals surface area contributed by atoms with Crippen LogP contribution in [0.5, 0.6) is 0 Å². The molecule has 2 aromatic carbocycles. The Hall–Kier alpha value is -3.45. The van der Waals surface area contributed by atoms with E-state index in [4.69, 9.17) is 4.98 Å². The topological polar surface area (TPSA) is 78.5 Å². The standard InChI is InChI=1S/C20H16N6S/c1-2-4-13(5-3-1)11-21-20-24-17-8-9-27-18(17)19(25-20)23-15-6-7-16-14(10-15)12-22-26-16/h1-10,12H,11H2,(H,22,26)(H2,21,23,24,25). The first-order valence-electron chi connectivity index (χ1n) is 8.58. The molecule has 27 heavy (non-hydrogen) atoms. The summed E-state index contributed by atoms with van der Waals surface area (Å²) in [5.74, 6) is 1.41. The molecule has 132 valence electrons. The largest absolute Gasteiger partial charge is 0.350 e. The molecule has 3 aromatic heterocycles. The van der Waals surface area contributed by atoms with E-state index in [1.807, 2.05) is 48.0 Å². The highest BCUT2D eigenvalue weighted by Gasteiger charge is 2.10. The second-order valence-electron chi connectivity index (χ2n) is 6.17. The summed E-state index contributed by atoms with van der Waals surface area (Å²) in [5, 5.41) is 16.9. The van der Waals surface area contributed by atoms with E-state index in [0.29, 0.717) is 12.5 Å². The number of aromatic amines is 1. The van der Waals surface area contributed by atoms with E-state index in [1.54, 1.807) is 11.3 Å². The fourth-order valence-corrected chi connectivity index (χ4v) is 3.74. The Bertz CT molecular complexity index is 1210. The highest BCUT2D eigenvalue weighted by molar-refractivity contribution is 7.17. The molecule has 0 saturated heterocycles. The number of benzene rings is 2. The van der Waals surface area contributed by atoms with Gasteiger partial charge in [0.25, 0.3) is 0 Å². The van der Waals surface area contributed by atoms with Gasteiger partial charge in [0.2, 0.25) is 5.95 Å².